The Labute approximate surface area is 102 Å². The van der Waals surface area contributed by atoms with Gasteiger partial charge in [-0.2, -0.15) is 11.8 Å². The van der Waals surface area contributed by atoms with Gasteiger partial charge in [-0.3, -0.25) is 4.90 Å². The lowest BCUT2D eigenvalue weighted by Crippen LogP contribution is -2.30. The van der Waals surface area contributed by atoms with E-state index >= 15 is 0 Å². The molecular formula is C13H19NOS. The van der Waals surface area contributed by atoms with Crippen LogP contribution in [0.4, 0.5) is 0 Å². The van der Waals surface area contributed by atoms with Gasteiger partial charge >= 0.3 is 0 Å². The van der Waals surface area contributed by atoms with Crippen LogP contribution < -0.4 is 0 Å². The van der Waals surface area contributed by atoms with Gasteiger partial charge in [-0.05, 0) is 24.3 Å². The summed E-state index contributed by atoms with van der Waals surface area (Å²) in [5.41, 5.74) is 1.03. The van der Waals surface area contributed by atoms with E-state index in [1.807, 2.05) is 42.1 Å². The summed E-state index contributed by atoms with van der Waals surface area (Å²) in [7, 11) is 0. The van der Waals surface area contributed by atoms with E-state index in [-0.39, 0.29) is 6.10 Å². The number of rotatable bonds is 3. The van der Waals surface area contributed by atoms with Crippen LogP contribution in [0, 0.1) is 0 Å². The van der Waals surface area contributed by atoms with Crippen molar-refractivity contribution >= 4 is 11.8 Å². The zero-order chi connectivity index (χ0) is 11.2. The number of hydrogen-bond acceptors (Lipinski definition) is 3. The quantitative estimate of drug-likeness (QED) is 0.871. The molecule has 1 atom stereocenters. The van der Waals surface area contributed by atoms with Gasteiger partial charge in [0, 0.05) is 18.8 Å². The van der Waals surface area contributed by atoms with Crippen molar-refractivity contribution in [1.29, 1.82) is 0 Å². The summed E-state index contributed by atoms with van der Waals surface area (Å²) in [6.45, 7) is 3.00. The monoisotopic (exact) mass is 237 g/mol. The van der Waals surface area contributed by atoms with Gasteiger partial charge in [0.05, 0.1) is 6.10 Å². The largest absolute Gasteiger partial charge is 0.387 e. The van der Waals surface area contributed by atoms with Crippen LogP contribution in [0.3, 0.4) is 0 Å². The molecule has 1 aliphatic rings. The normalized spacial score (nSPS) is 20.3. The molecule has 0 amide bonds. The Kier molecular flexibility index (Phi) is 4.69. The van der Waals surface area contributed by atoms with Gasteiger partial charge in [0.1, 0.15) is 0 Å². The number of hydrogen-bond donors (Lipinski definition) is 1. The van der Waals surface area contributed by atoms with Gasteiger partial charge in [-0.15, -0.1) is 0 Å². The number of benzene rings is 1. The maximum atomic E-state index is 10.1. The molecule has 2 nitrogen and oxygen atoms in total. The Morgan fingerprint density at radius 3 is 2.81 bits per heavy atom. The molecule has 16 heavy (non-hydrogen) atoms. The third-order valence-electron chi connectivity index (χ3n) is 2.93. The minimum absolute atomic E-state index is 0.343. The Hall–Kier alpha value is -0.510. The van der Waals surface area contributed by atoms with Gasteiger partial charge < -0.3 is 5.11 Å². The molecule has 1 aromatic carbocycles. The summed E-state index contributed by atoms with van der Waals surface area (Å²) in [5, 5.41) is 10.1. The molecule has 1 heterocycles. The number of β-amino-alcohol motifs (C(OH)–C–C–N with tert-alkyl or cyclic N) is 1. The Bertz CT molecular complexity index is 296. The lowest BCUT2D eigenvalue weighted by Gasteiger charge is -2.23. The molecule has 0 saturated carbocycles. The maximum absolute atomic E-state index is 10.1. The standard InChI is InChI=1S/C13H19NOS/c15-13(12-5-2-1-3-6-12)11-14-7-4-9-16-10-8-14/h1-3,5-6,13,15H,4,7-11H2. The second kappa shape index (κ2) is 6.28. The first-order chi connectivity index (χ1) is 7.86. The highest BCUT2D eigenvalue weighted by atomic mass is 32.2. The molecule has 1 saturated heterocycles. The van der Waals surface area contributed by atoms with Gasteiger partial charge in [-0.25, -0.2) is 0 Å². The summed E-state index contributed by atoms with van der Waals surface area (Å²) >= 11 is 2.02. The van der Waals surface area contributed by atoms with Gasteiger partial charge in [0.15, 0.2) is 0 Å². The number of aliphatic hydroxyl groups excluding tert-OH is 1. The smallest absolute Gasteiger partial charge is 0.0916 e. The number of aliphatic hydroxyl groups is 1. The second-order valence-electron chi connectivity index (χ2n) is 4.19. The van der Waals surface area contributed by atoms with Crippen LogP contribution in [-0.2, 0) is 0 Å². The van der Waals surface area contributed by atoms with Crippen LogP contribution in [0.1, 0.15) is 18.1 Å². The van der Waals surface area contributed by atoms with Crippen LogP contribution in [0.25, 0.3) is 0 Å². The summed E-state index contributed by atoms with van der Waals surface area (Å²) in [6, 6.07) is 9.95. The minimum Gasteiger partial charge on any atom is -0.387 e. The molecule has 2 rings (SSSR count). The van der Waals surface area contributed by atoms with Crippen LogP contribution in [0.5, 0.6) is 0 Å². The molecule has 0 spiro atoms. The van der Waals surface area contributed by atoms with Crippen molar-refractivity contribution < 1.29 is 5.11 Å². The zero-order valence-corrected chi connectivity index (χ0v) is 10.3. The third-order valence-corrected chi connectivity index (χ3v) is 3.98. The predicted octanol–water partition coefficient (Wildman–Crippen LogP) is 2.16. The Morgan fingerprint density at radius 1 is 1.19 bits per heavy atom. The number of nitrogens with zero attached hydrogens (tertiary/aromatic N) is 1. The van der Waals surface area contributed by atoms with Crippen molar-refractivity contribution in [2.75, 3.05) is 31.1 Å². The average molecular weight is 237 g/mol. The molecular weight excluding hydrogens is 218 g/mol. The fourth-order valence-corrected chi connectivity index (χ4v) is 2.93. The summed E-state index contributed by atoms with van der Waals surface area (Å²) in [6.07, 6.45) is 0.899. The predicted molar refractivity (Wildman–Crippen MR) is 69.8 cm³/mol. The highest BCUT2D eigenvalue weighted by Gasteiger charge is 2.14. The molecule has 0 aliphatic carbocycles. The van der Waals surface area contributed by atoms with Crippen molar-refractivity contribution in [1.82, 2.24) is 4.90 Å². The fraction of sp³-hybridized carbons (Fsp3) is 0.538. The SMILES string of the molecule is OC(CN1CCCSCC1)c1ccccc1. The van der Waals surface area contributed by atoms with Crippen molar-refractivity contribution in [2.45, 2.75) is 12.5 Å². The Morgan fingerprint density at radius 2 is 2.00 bits per heavy atom. The first kappa shape index (κ1) is 12.0. The highest BCUT2D eigenvalue weighted by molar-refractivity contribution is 7.99. The van der Waals surface area contributed by atoms with E-state index in [1.54, 1.807) is 0 Å². The van der Waals surface area contributed by atoms with E-state index < -0.39 is 0 Å². The van der Waals surface area contributed by atoms with Gasteiger partial charge in [0.25, 0.3) is 0 Å². The summed E-state index contributed by atoms with van der Waals surface area (Å²) in [4.78, 5) is 2.37. The molecule has 0 radical (unpaired) electrons. The molecule has 1 fully saturated rings. The highest BCUT2D eigenvalue weighted by Crippen LogP contribution is 2.16. The van der Waals surface area contributed by atoms with Gasteiger partial charge in [0.2, 0.25) is 0 Å². The van der Waals surface area contributed by atoms with Crippen LogP contribution in [0.2, 0.25) is 0 Å². The van der Waals surface area contributed by atoms with Crippen molar-refractivity contribution in [3.63, 3.8) is 0 Å². The van der Waals surface area contributed by atoms with E-state index in [0.29, 0.717) is 0 Å². The molecule has 1 N–H and O–H groups in total. The lowest BCUT2D eigenvalue weighted by molar-refractivity contribution is 0.117. The zero-order valence-electron chi connectivity index (χ0n) is 9.51. The summed E-state index contributed by atoms with van der Waals surface area (Å²) in [5.74, 6) is 2.46. The van der Waals surface area contributed by atoms with Crippen LogP contribution in [-0.4, -0.2) is 41.1 Å². The van der Waals surface area contributed by atoms with Crippen molar-refractivity contribution in [2.24, 2.45) is 0 Å². The Balaban J connectivity index is 1.88. The molecule has 1 unspecified atom stereocenters. The van der Waals surface area contributed by atoms with E-state index in [2.05, 4.69) is 4.90 Å². The minimum atomic E-state index is -0.343. The van der Waals surface area contributed by atoms with E-state index in [9.17, 15) is 5.11 Å². The first-order valence-electron chi connectivity index (χ1n) is 5.89. The van der Waals surface area contributed by atoms with E-state index in [4.69, 9.17) is 0 Å². The van der Waals surface area contributed by atoms with Crippen LogP contribution in [0.15, 0.2) is 30.3 Å². The molecule has 0 aromatic heterocycles. The maximum Gasteiger partial charge on any atom is 0.0916 e. The second-order valence-corrected chi connectivity index (χ2v) is 5.42. The van der Waals surface area contributed by atoms with E-state index in [0.717, 1.165) is 25.2 Å². The van der Waals surface area contributed by atoms with Crippen molar-refractivity contribution in [3.05, 3.63) is 35.9 Å². The van der Waals surface area contributed by atoms with Gasteiger partial charge in [-0.1, -0.05) is 30.3 Å². The molecule has 0 bridgehead atoms. The number of thioether (sulfide) groups is 1. The fourth-order valence-electron chi connectivity index (χ4n) is 2.01. The first-order valence-corrected chi connectivity index (χ1v) is 7.05. The molecule has 3 heteroatoms. The molecule has 1 aromatic rings. The van der Waals surface area contributed by atoms with E-state index in [1.165, 1.54) is 17.9 Å². The molecule has 88 valence electrons. The summed E-state index contributed by atoms with van der Waals surface area (Å²) < 4.78 is 0. The van der Waals surface area contributed by atoms with Crippen LogP contribution >= 0.6 is 11.8 Å². The molecule has 1 aliphatic heterocycles. The lowest BCUT2D eigenvalue weighted by atomic mass is 10.1. The topological polar surface area (TPSA) is 23.5 Å². The average Bonchev–Trinajstić information content (AvgIpc) is 2.59. The van der Waals surface area contributed by atoms with Crippen molar-refractivity contribution in [3.8, 4) is 0 Å². The third kappa shape index (κ3) is 3.51.